The molecule has 0 amide bonds. The van der Waals surface area contributed by atoms with Crippen molar-refractivity contribution in [2.45, 2.75) is 19.7 Å². The number of aromatic nitrogens is 1. The summed E-state index contributed by atoms with van der Waals surface area (Å²) in [6.45, 7) is 1.41. The summed E-state index contributed by atoms with van der Waals surface area (Å²) in [5.74, 6) is -2.21. The monoisotopic (exact) mass is 310 g/mol. The zero-order valence-electron chi connectivity index (χ0n) is 10.5. The Morgan fingerprint density at radius 1 is 1.48 bits per heavy atom. The van der Waals surface area contributed by atoms with E-state index in [-0.39, 0.29) is 6.61 Å². The Labute approximate surface area is 114 Å². The van der Waals surface area contributed by atoms with Gasteiger partial charge in [0.2, 0.25) is 5.75 Å². The largest absolute Gasteiger partial charge is 0.573 e. The number of nitrogens with one attached hydrogen (secondary N) is 1. The SMILES string of the molecule is CCOC(=O)Cc1c([N+](=O)[O-])c(OC(F)(F)F)c[nH]c1=O. The van der Waals surface area contributed by atoms with Crippen molar-refractivity contribution >= 4 is 11.7 Å². The molecule has 11 heteroatoms. The fraction of sp³-hybridized carbons (Fsp3) is 0.400. The number of hydrogen-bond acceptors (Lipinski definition) is 6. The van der Waals surface area contributed by atoms with Crippen molar-refractivity contribution in [3.63, 3.8) is 0 Å². The van der Waals surface area contributed by atoms with E-state index in [0.29, 0.717) is 6.20 Å². The van der Waals surface area contributed by atoms with Gasteiger partial charge in [0.15, 0.2) is 0 Å². The van der Waals surface area contributed by atoms with E-state index in [0.717, 1.165) is 0 Å². The maximum atomic E-state index is 12.2. The van der Waals surface area contributed by atoms with E-state index in [1.807, 2.05) is 4.98 Å². The Morgan fingerprint density at radius 3 is 2.57 bits per heavy atom. The molecule has 21 heavy (non-hydrogen) atoms. The van der Waals surface area contributed by atoms with Gasteiger partial charge in [-0.15, -0.1) is 13.2 Å². The molecule has 0 saturated heterocycles. The predicted molar refractivity (Wildman–Crippen MR) is 60.7 cm³/mol. The number of rotatable bonds is 5. The summed E-state index contributed by atoms with van der Waals surface area (Å²) in [6, 6.07) is 0. The van der Waals surface area contributed by atoms with Gasteiger partial charge in [-0.05, 0) is 6.92 Å². The molecule has 1 rings (SSSR count). The molecule has 116 valence electrons. The number of ether oxygens (including phenoxy) is 2. The number of carbonyl (C=O) groups is 1. The Kier molecular flexibility index (Phi) is 4.89. The molecule has 1 aromatic heterocycles. The third-order valence-corrected chi connectivity index (χ3v) is 2.16. The third kappa shape index (κ3) is 4.47. The predicted octanol–water partition coefficient (Wildman–Crippen LogP) is 1.29. The number of nitrogens with zero attached hydrogens (tertiary/aromatic N) is 1. The van der Waals surface area contributed by atoms with Gasteiger partial charge in [0, 0.05) is 0 Å². The van der Waals surface area contributed by atoms with Gasteiger partial charge in [-0.2, -0.15) is 0 Å². The molecule has 0 aliphatic carbocycles. The Bertz CT molecular complexity index is 610. The zero-order valence-corrected chi connectivity index (χ0v) is 10.5. The van der Waals surface area contributed by atoms with Crippen LogP contribution in [0.1, 0.15) is 12.5 Å². The van der Waals surface area contributed by atoms with Crippen LogP contribution in [0, 0.1) is 10.1 Å². The van der Waals surface area contributed by atoms with Crippen molar-refractivity contribution in [1.29, 1.82) is 0 Å². The number of H-pyrrole nitrogens is 1. The summed E-state index contributed by atoms with van der Waals surface area (Å²) in [6.07, 6.45) is -5.64. The van der Waals surface area contributed by atoms with Crippen LogP contribution in [0.3, 0.4) is 0 Å². The lowest BCUT2D eigenvalue weighted by molar-refractivity contribution is -0.389. The van der Waals surface area contributed by atoms with Gasteiger partial charge in [-0.1, -0.05) is 0 Å². The van der Waals surface area contributed by atoms with E-state index in [2.05, 4.69) is 9.47 Å². The van der Waals surface area contributed by atoms with E-state index >= 15 is 0 Å². The molecule has 0 aliphatic rings. The first-order valence-corrected chi connectivity index (χ1v) is 5.46. The van der Waals surface area contributed by atoms with Crippen LogP contribution in [0.15, 0.2) is 11.0 Å². The maximum Gasteiger partial charge on any atom is 0.573 e. The van der Waals surface area contributed by atoms with E-state index in [1.54, 1.807) is 0 Å². The zero-order chi connectivity index (χ0) is 16.2. The number of carbonyl (C=O) groups excluding carboxylic acids is 1. The maximum absolute atomic E-state index is 12.2. The smallest absolute Gasteiger partial charge is 0.466 e. The highest BCUT2D eigenvalue weighted by atomic mass is 19.4. The van der Waals surface area contributed by atoms with E-state index in [1.165, 1.54) is 6.92 Å². The molecular formula is C10H9F3N2O6. The molecule has 1 heterocycles. The second kappa shape index (κ2) is 6.24. The normalized spacial score (nSPS) is 11.0. The van der Waals surface area contributed by atoms with Crippen LogP contribution < -0.4 is 10.3 Å². The minimum atomic E-state index is -5.19. The number of alkyl halides is 3. The number of aromatic amines is 1. The first kappa shape index (κ1) is 16.5. The Hall–Kier alpha value is -2.59. The lowest BCUT2D eigenvalue weighted by Crippen LogP contribution is -2.23. The second-order valence-corrected chi connectivity index (χ2v) is 3.60. The van der Waals surface area contributed by atoms with Crippen molar-refractivity contribution < 1.29 is 32.4 Å². The molecule has 0 aromatic carbocycles. The fourth-order valence-electron chi connectivity index (χ4n) is 1.47. The van der Waals surface area contributed by atoms with Crippen LogP contribution in [0.25, 0.3) is 0 Å². The molecular weight excluding hydrogens is 301 g/mol. The second-order valence-electron chi connectivity index (χ2n) is 3.60. The highest BCUT2D eigenvalue weighted by molar-refractivity contribution is 5.74. The van der Waals surface area contributed by atoms with Gasteiger partial charge in [0.05, 0.1) is 24.1 Å². The fourth-order valence-corrected chi connectivity index (χ4v) is 1.47. The minimum Gasteiger partial charge on any atom is -0.466 e. The van der Waals surface area contributed by atoms with E-state index in [9.17, 15) is 32.9 Å². The number of hydrogen-bond donors (Lipinski definition) is 1. The Morgan fingerprint density at radius 2 is 2.10 bits per heavy atom. The van der Waals surface area contributed by atoms with Crippen molar-refractivity contribution in [1.82, 2.24) is 4.98 Å². The molecule has 1 N–H and O–H groups in total. The van der Waals surface area contributed by atoms with Crippen molar-refractivity contribution in [3.8, 4) is 5.75 Å². The summed E-state index contributed by atoms with van der Waals surface area (Å²) >= 11 is 0. The molecule has 0 unspecified atom stereocenters. The number of pyridine rings is 1. The van der Waals surface area contributed by atoms with Gasteiger partial charge >= 0.3 is 18.0 Å². The molecule has 0 fully saturated rings. The molecule has 8 nitrogen and oxygen atoms in total. The Balaban J connectivity index is 3.34. The van der Waals surface area contributed by atoms with Gasteiger partial charge < -0.3 is 14.5 Å². The number of nitro groups is 1. The van der Waals surface area contributed by atoms with Gasteiger partial charge in [-0.25, -0.2) is 0 Å². The summed E-state index contributed by atoms with van der Waals surface area (Å²) in [5, 5.41) is 10.9. The summed E-state index contributed by atoms with van der Waals surface area (Å²) < 4.78 is 44.5. The molecule has 0 bridgehead atoms. The van der Waals surface area contributed by atoms with Gasteiger partial charge in [0.1, 0.15) is 5.56 Å². The molecule has 0 aliphatic heterocycles. The van der Waals surface area contributed by atoms with Gasteiger partial charge in [-0.3, -0.25) is 19.7 Å². The number of esters is 1. The van der Waals surface area contributed by atoms with Crippen molar-refractivity contribution in [2.75, 3.05) is 6.61 Å². The molecule has 0 saturated carbocycles. The summed E-state index contributed by atoms with van der Waals surface area (Å²) in [7, 11) is 0. The average Bonchev–Trinajstić information content (AvgIpc) is 2.31. The summed E-state index contributed by atoms with van der Waals surface area (Å²) in [5.41, 5.74) is -3.09. The highest BCUT2D eigenvalue weighted by Crippen LogP contribution is 2.32. The van der Waals surface area contributed by atoms with Crippen LogP contribution in [-0.4, -0.2) is 28.8 Å². The first-order chi connectivity index (χ1) is 9.65. The lowest BCUT2D eigenvalue weighted by Gasteiger charge is -2.10. The number of halogens is 3. The van der Waals surface area contributed by atoms with Crippen LogP contribution in [0.2, 0.25) is 0 Å². The van der Waals surface area contributed by atoms with E-state index < -0.39 is 46.2 Å². The van der Waals surface area contributed by atoms with Crippen LogP contribution in [0.4, 0.5) is 18.9 Å². The first-order valence-electron chi connectivity index (χ1n) is 5.46. The lowest BCUT2D eigenvalue weighted by atomic mass is 10.1. The standard InChI is InChI=1S/C10H9F3N2O6/c1-2-20-7(16)3-5-8(15(18)19)6(4-14-9(5)17)21-10(11,12)13/h4H,2-3H2,1H3,(H,14,17). The van der Waals surface area contributed by atoms with E-state index in [4.69, 9.17) is 0 Å². The molecule has 0 radical (unpaired) electrons. The molecule has 1 aromatic rings. The quantitative estimate of drug-likeness (QED) is 0.498. The van der Waals surface area contributed by atoms with Crippen LogP contribution in [0.5, 0.6) is 5.75 Å². The van der Waals surface area contributed by atoms with Crippen LogP contribution >= 0.6 is 0 Å². The average molecular weight is 310 g/mol. The minimum absolute atomic E-state index is 0.0523. The van der Waals surface area contributed by atoms with Gasteiger partial charge in [0.25, 0.3) is 5.56 Å². The van der Waals surface area contributed by atoms with Crippen molar-refractivity contribution in [3.05, 3.63) is 32.2 Å². The third-order valence-electron chi connectivity index (χ3n) is 2.16. The van der Waals surface area contributed by atoms with Crippen LogP contribution in [-0.2, 0) is 16.0 Å². The topological polar surface area (TPSA) is 112 Å². The van der Waals surface area contributed by atoms with Crippen molar-refractivity contribution in [2.24, 2.45) is 0 Å². The molecule has 0 spiro atoms. The molecule has 0 atom stereocenters. The highest BCUT2D eigenvalue weighted by Gasteiger charge is 2.36. The summed E-state index contributed by atoms with van der Waals surface area (Å²) in [4.78, 5) is 34.3.